The Morgan fingerprint density at radius 3 is 2.86 bits per heavy atom. The molecule has 4 rings (SSSR count). The van der Waals surface area contributed by atoms with E-state index in [0.717, 1.165) is 17.0 Å². The van der Waals surface area contributed by atoms with Crippen molar-refractivity contribution >= 4 is 11.7 Å². The molecule has 0 bridgehead atoms. The Balaban J connectivity index is 1.51. The third-order valence-corrected chi connectivity index (χ3v) is 4.53. The summed E-state index contributed by atoms with van der Waals surface area (Å²) in [5.41, 5.74) is 2.75. The number of fused-ring (bicyclic) bond motifs is 1. The van der Waals surface area contributed by atoms with E-state index in [1.807, 2.05) is 54.0 Å². The maximum absolute atomic E-state index is 12.7. The van der Waals surface area contributed by atoms with Crippen LogP contribution in [0.3, 0.4) is 0 Å². The lowest BCUT2D eigenvalue weighted by atomic mass is 10.1. The first kappa shape index (κ1) is 17.7. The van der Waals surface area contributed by atoms with Gasteiger partial charge in [0.05, 0.1) is 24.5 Å². The lowest BCUT2D eigenvalue weighted by Gasteiger charge is -2.13. The van der Waals surface area contributed by atoms with Crippen LogP contribution in [0.25, 0.3) is 17.0 Å². The predicted molar refractivity (Wildman–Crippen MR) is 104 cm³/mol. The minimum atomic E-state index is -0.232. The van der Waals surface area contributed by atoms with Crippen LogP contribution in [0.4, 0.5) is 0 Å². The molecule has 3 aromatic heterocycles. The van der Waals surface area contributed by atoms with Gasteiger partial charge < -0.3 is 10.1 Å². The summed E-state index contributed by atoms with van der Waals surface area (Å²) in [5, 5.41) is 10.1. The molecule has 0 aliphatic carbocycles. The molecule has 8 nitrogen and oxygen atoms in total. The van der Waals surface area contributed by atoms with E-state index in [-0.39, 0.29) is 11.9 Å². The fourth-order valence-electron chi connectivity index (χ4n) is 2.99. The van der Waals surface area contributed by atoms with Crippen molar-refractivity contribution < 1.29 is 9.53 Å². The largest absolute Gasteiger partial charge is 0.497 e. The van der Waals surface area contributed by atoms with Gasteiger partial charge in [0.2, 0.25) is 5.78 Å². The highest BCUT2D eigenvalue weighted by molar-refractivity contribution is 5.93. The van der Waals surface area contributed by atoms with Gasteiger partial charge >= 0.3 is 0 Å². The highest BCUT2D eigenvalue weighted by atomic mass is 16.5. The van der Waals surface area contributed by atoms with Crippen molar-refractivity contribution in [1.82, 2.24) is 29.9 Å². The van der Waals surface area contributed by atoms with Crippen LogP contribution in [0.2, 0.25) is 0 Å². The summed E-state index contributed by atoms with van der Waals surface area (Å²) in [6, 6.07) is 10.9. The van der Waals surface area contributed by atoms with E-state index in [9.17, 15) is 4.79 Å². The molecule has 1 aromatic carbocycles. The van der Waals surface area contributed by atoms with E-state index in [2.05, 4.69) is 25.5 Å². The molecule has 28 heavy (non-hydrogen) atoms. The summed E-state index contributed by atoms with van der Waals surface area (Å²) in [7, 11) is 1.62. The minimum Gasteiger partial charge on any atom is -0.497 e. The average Bonchev–Trinajstić information content (AvgIpc) is 3.39. The number of nitrogens with zero attached hydrogens (tertiary/aromatic N) is 4. The number of amides is 1. The number of imidazole rings is 1. The minimum absolute atomic E-state index is 0.220. The topological polar surface area (TPSA) is 97.2 Å². The molecule has 0 saturated carbocycles. The first-order valence-electron chi connectivity index (χ1n) is 8.98. The molecule has 2 N–H and O–H groups in total. The first-order valence-corrected chi connectivity index (χ1v) is 8.98. The van der Waals surface area contributed by atoms with Gasteiger partial charge in [-0.05, 0) is 42.8 Å². The van der Waals surface area contributed by atoms with Gasteiger partial charge in [0.1, 0.15) is 11.4 Å². The van der Waals surface area contributed by atoms with E-state index in [1.165, 1.54) is 0 Å². The second kappa shape index (κ2) is 7.51. The fraction of sp³-hybridized carbons (Fsp3) is 0.200. The van der Waals surface area contributed by atoms with E-state index in [4.69, 9.17) is 4.74 Å². The van der Waals surface area contributed by atoms with Gasteiger partial charge in [-0.15, -0.1) is 0 Å². The third kappa shape index (κ3) is 3.44. The molecule has 4 aromatic rings. The van der Waals surface area contributed by atoms with Crippen LogP contribution in [0.5, 0.6) is 5.75 Å². The number of benzene rings is 1. The monoisotopic (exact) mass is 376 g/mol. The standard InChI is InChI=1S/C20H20N6O2/c1-3-15(18-12-26-10-4-9-21-20(26)23-18)22-19(27)17-11-16(24-25-17)13-5-7-14(28-2)8-6-13/h4-12,15H,3H2,1-2H3,(H,22,27)(H,24,25)/t15-/m0/s1. The Labute approximate surface area is 161 Å². The highest BCUT2D eigenvalue weighted by Crippen LogP contribution is 2.22. The van der Waals surface area contributed by atoms with Crippen LogP contribution in [0, 0.1) is 0 Å². The van der Waals surface area contributed by atoms with E-state index >= 15 is 0 Å². The van der Waals surface area contributed by atoms with Gasteiger partial charge in [-0.25, -0.2) is 9.97 Å². The van der Waals surface area contributed by atoms with Gasteiger partial charge in [0.25, 0.3) is 5.91 Å². The Hall–Kier alpha value is -3.68. The summed E-state index contributed by atoms with van der Waals surface area (Å²) in [6.45, 7) is 2.00. The normalized spacial score (nSPS) is 12.1. The first-order chi connectivity index (χ1) is 13.7. The lowest BCUT2D eigenvalue weighted by molar-refractivity contribution is 0.0929. The Bertz CT molecular complexity index is 1070. The molecule has 3 heterocycles. The van der Waals surface area contributed by atoms with E-state index < -0.39 is 0 Å². The number of nitrogens with one attached hydrogen (secondary N) is 2. The lowest BCUT2D eigenvalue weighted by Crippen LogP contribution is -2.28. The Kier molecular flexibility index (Phi) is 4.76. The molecule has 0 saturated heterocycles. The summed E-state index contributed by atoms with van der Waals surface area (Å²) in [4.78, 5) is 21.4. The van der Waals surface area contributed by atoms with Gasteiger partial charge in [-0.3, -0.25) is 14.3 Å². The van der Waals surface area contributed by atoms with Crippen LogP contribution in [-0.4, -0.2) is 37.6 Å². The third-order valence-electron chi connectivity index (χ3n) is 4.53. The maximum Gasteiger partial charge on any atom is 0.269 e. The van der Waals surface area contributed by atoms with E-state index in [0.29, 0.717) is 23.6 Å². The Morgan fingerprint density at radius 1 is 1.32 bits per heavy atom. The van der Waals surface area contributed by atoms with Gasteiger partial charge in [0.15, 0.2) is 0 Å². The van der Waals surface area contributed by atoms with Crippen LogP contribution >= 0.6 is 0 Å². The quantitative estimate of drug-likeness (QED) is 0.539. The zero-order valence-electron chi connectivity index (χ0n) is 15.6. The van der Waals surface area contributed by atoms with Crippen molar-refractivity contribution in [1.29, 1.82) is 0 Å². The van der Waals surface area contributed by atoms with Crippen molar-refractivity contribution in [2.24, 2.45) is 0 Å². The van der Waals surface area contributed by atoms with Crippen LogP contribution in [0.15, 0.2) is 55.0 Å². The summed E-state index contributed by atoms with van der Waals surface area (Å²) >= 11 is 0. The smallest absolute Gasteiger partial charge is 0.269 e. The predicted octanol–water partition coefficient (Wildman–Crippen LogP) is 3.01. The number of carbonyl (C=O) groups is 1. The molecule has 0 spiro atoms. The second-order valence-corrected chi connectivity index (χ2v) is 6.32. The average molecular weight is 376 g/mol. The molecular weight excluding hydrogens is 356 g/mol. The number of H-pyrrole nitrogens is 1. The molecular formula is C20H20N6O2. The number of rotatable bonds is 6. The number of hydrogen-bond donors (Lipinski definition) is 2. The number of carbonyl (C=O) groups excluding carboxylic acids is 1. The molecule has 1 amide bonds. The fourth-order valence-corrected chi connectivity index (χ4v) is 2.99. The van der Waals surface area contributed by atoms with Gasteiger partial charge in [-0.1, -0.05) is 6.92 Å². The van der Waals surface area contributed by atoms with Gasteiger partial charge in [0, 0.05) is 24.2 Å². The zero-order valence-corrected chi connectivity index (χ0v) is 15.6. The maximum atomic E-state index is 12.7. The van der Waals surface area contributed by atoms with Crippen LogP contribution in [-0.2, 0) is 0 Å². The summed E-state index contributed by atoms with van der Waals surface area (Å²) in [5.74, 6) is 1.14. The molecule has 1 atom stereocenters. The number of hydrogen-bond acceptors (Lipinski definition) is 5. The molecule has 0 aliphatic rings. The Morgan fingerprint density at radius 2 is 2.14 bits per heavy atom. The second-order valence-electron chi connectivity index (χ2n) is 6.32. The van der Waals surface area contributed by atoms with Crippen molar-refractivity contribution in [3.63, 3.8) is 0 Å². The molecule has 0 aliphatic heterocycles. The molecule has 0 unspecified atom stereocenters. The molecule has 0 radical (unpaired) electrons. The molecule has 8 heteroatoms. The molecule has 0 fully saturated rings. The van der Waals surface area contributed by atoms with Crippen molar-refractivity contribution in [3.8, 4) is 17.0 Å². The number of methoxy groups -OCH3 is 1. The van der Waals surface area contributed by atoms with Crippen molar-refractivity contribution in [3.05, 3.63) is 66.4 Å². The SMILES string of the molecule is CC[C@H](NC(=O)c1cc(-c2ccc(OC)cc2)n[nH]1)c1cn2cccnc2n1. The van der Waals surface area contributed by atoms with Crippen LogP contribution in [0.1, 0.15) is 35.6 Å². The van der Waals surface area contributed by atoms with Crippen molar-refractivity contribution in [2.75, 3.05) is 7.11 Å². The van der Waals surface area contributed by atoms with Gasteiger partial charge in [-0.2, -0.15) is 5.10 Å². The van der Waals surface area contributed by atoms with Crippen molar-refractivity contribution in [2.45, 2.75) is 19.4 Å². The summed E-state index contributed by atoms with van der Waals surface area (Å²) < 4.78 is 7.00. The zero-order chi connectivity index (χ0) is 19.5. The summed E-state index contributed by atoms with van der Waals surface area (Å²) in [6.07, 6.45) is 6.15. The number of aromatic nitrogens is 5. The van der Waals surface area contributed by atoms with Crippen LogP contribution < -0.4 is 10.1 Å². The highest BCUT2D eigenvalue weighted by Gasteiger charge is 2.19. The number of ether oxygens (including phenoxy) is 1. The number of aromatic amines is 1. The molecule has 142 valence electrons. The van der Waals surface area contributed by atoms with E-state index in [1.54, 1.807) is 19.4 Å².